The second kappa shape index (κ2) is 10.2. The Morgan fingerprint density at radius 3 is 2.24 bits per heavy atom. The first-order chi connectivity index (χ1) is 15.9. The molecule has 2 aromatic heterocycles. The summed E-state index contributed by atoms with van der Waals surface area (Å²) < 4.78 is 0. The zero-order valence-corrected chi connectivity index (χ0v) is 20.7. The van der Waals surface area contributed by atoms with E-state index in [1.807, 2.05) is 57.2 Å². The summed E-state index contributed by atoms with van der Waals surface area (Å²) >= 11 is 3.27. The molecule has 0 saturated carbocycles. The van der Waals surface area contributed by atoms with Gasteiger partial charge in [0.25, 0.3) is 5.91 Å². The molecular formula is C26H26N4OS2. The summed E-state index contributed by atoms with van der Waals surface area (Å²) in [5, 5.41) is 7.46. The SMILES string of the molecule is CSc1ccc(C(Nc2nc(C)cc(C)n2)c2cc(C)sc2NC(=O)c2ccccc2)cc1. The number of anilines is 2. The van der Waals surface area contributed by atoms with E-state index in [0.717, 1.165) is 32.4 Å². The summed E-state index contributed by atoms with van der Waals surface area (Å²) in [5.74, 6) is 0.438. The van der Waals surface area contributed by atoms with Crippen LogP contribution in [0.15, 0.2) is 71.6 Å². The lowest BCUT2D eigenvalue weighted by atomic mass is 10.00. The molecule has 1 atom stereocenters. The fraction of sp³-hybridized carbons (Fsp3) is 0.192. The van der Waals surface area contributed by atoms with Gasteiger partial charge in [0, 0.05) is 32.3 Å². The Morgan fingerprint density at radius 2 is 1.61 bits per heavy atom. The number of benzene rings is 2. The van der Waals surface area contributed by atoms with Gasteiger partial charge in [-0.1, -0.05) is 30.3 Å². The summed E-state index contributed by atoms with van der Waals surface area (Å²) in [7, 11) is 0. The Hall–Kier alpha value is -3.16. The fourth-order valence-corrected chi connectivity index (χ4v) is 5.02. The normalized spacial score (nSPS) is 11.8. The lowest BCUT2D eigenvalue weighted by Crippen LogP contribution is -2.18. The van der Waals surface area contributed by atoms with E-state index < -0.39 is 0 Å². The van der Waals surface area contributed by atoms with E-state index in [1.54, 1.807) is 23.1 Å². The molecule has 168 valence electrons. The van der Waals surface area contributed by atoms with Crippen molar-refractivity contribution < 1.29 is 4.79 Å². The second-order valence-corrected chi connectivity index (χ2v) is 9.92. The van der Waals surface area contributed by atoms with E-state index in [0.29, 0.717) is 11.5 Å². The van der Waals surface area contributed by atoms with Crippen LogP contribution in [0.1, 0.15) is 43.8 Å². The minimum atomic E-state index is -0.224. The van der Waals surface area contributed by atoms with E-state index in [2.05, 4.69) is 57.2 Å². The second-order valence-electron chi connectivity index (χ2n) is 7.79. The number of carbonyl (C=O) groups excluding carboxylic acids is 1. The van der Waals surface area contributed by atoms with Crippen molar-refractivity contribution in [3.63, 3.8) is 0 Å². The molecule has 0 aliphatic heterocycles. The average molecular weight is 475 g/mol. The zero-order valence-electron chi connectivity index (χ0n) is 19.0. The number of hydrogen-bond acceptors (Lipinski definition) is 6. The maximum Gasteiger partial charge on any atom is 0.256 e. The molecule has 2 N–H and O–H groups in total. The predicted molar refractivity (Wildman–Crippen MR) is 139 cm³/mol. The number of rotatable bonds is 7. The molecule has 0 spiro atoms. The lowest BCUT2D eigenvalue weighted by Gasteiger charge is -2.21. The molecule has 33 heavy (non-hydrogen) atoms. The van der Waals surface area contributed by atoms with E-state index in [1.165, 1.54) is 4.90 Å². The summed E-state index contributed by atoms with van der Waals surface area (Å²) in [4.78, 5) is 24.4. The Labute approximate surface area is 202 Å². The van der Waals surface area contributed by atoms with E-state index in [4.69, 9.17) is 0 Å². The van der Waals surface area contributed by atoms with Crippen LogP contribution in [0.25, 0.3) is 0 Å². The van der Waals surface area contributed by atoms with Crippen LogP contribution in [0.2, 0.25) is 0 Å². The largest absolute Gasteiger partial charge is 0.343 e. The minimum absolute atomic E-state index is 0.127. The number of nitrogens with one attached hydrogen (secondary N) is 2. The topological polar surface area (TPSA) is 66.9 Å². The summed E-state index contributed by atoms with van der Waals surface area (Å²) in [6, 6.07) is 21.6. The molecule has 0 aliphatic carbocycles. The van der Waals surface area contributed by atoms with Crippen molar-refractivity contribution in [1.82, 2.24) is 9.97 Å². The van der Waals surface area contributed by atoms with Crippen LogP contribution in [-0.4, -0.2) is 22.1 Å². The molecule has 0 bridgehead atoms. The first-order valence-electron chi connectivity index (χ1n) is 10.6. The summed E-state index contributed by atoms with van der Waals surface area (Å²) in [5.41, 5.74) is 4.49. The minimum Gasteiger partial charge on any atom is -0.343 e. The van der Waals surface area contributed by atoms with Crippen molar-refractivity contribution in [2.24, 2.45) is 0 Å². The van der Waals surface area contributed by atoms with Gasteiger partial charge < -0.3 is 10.6 Å². The van der Waals surface area contributed by atoms with Gasteiger partial charge in [-0.25, -0.2) is 9.97 Å². The Kier molecular flexibility index (Phi) is 7.11. The molecule has 5 nitrogen and oxygen atoms in total. The maximum atomic E-state index is 12.9. The standard InChI is InChI=1S/C26H26N4OS2/c1-16-14-17(2)28-26(27-16)29-23(19-10-12-21(32-4)13-11-19)22-15-18(3)33-25(22)30-24(31)20-8-6-5-7-9-20/h5-15,23H,1-4H3,(H,30,31)(H,27,28,29). The van der Waals surface area contributed by atoms with Gasteiger partial charge >= 0.3 is 0 Å². The van der Waals surface area contributed by atoms with E-state index in [-0.39, 0.29) is 11.9 Å². The van der Waals surface area contributed by atoms with Crippen LogP contribution in [0, 0.1) is 20.8 Å². The third-order valence-corrected chi connectivity index (χ3v) is 6.89. The number of aryl methyl sites for hydroxylation is 3. The van der Waals surface area contributed by atoms with Crippen molar-refractivity contribution in [2.45, 2.75) is 31.7 Å². The Balaban J connectivity index is 1.74. The quantitative estimate of drug-likeness (QED) is 0.294. The number of nitrogens with zero attached hydrogens (tertiary/aromatic N) is 2. The van der Waals surface area contributed by atoms with Crippen LogP contribution < -0.4 is 10.6 Å². The van der Waals surface area contributed by atoms with Gasteiger partial charge in [0.15, 0.2) is 0 Å². The molecule has 1 amide bonds. The average Bonchev–Trinajstić information content (AvgIpc) is 3.17. The van der Waals surface area contributed by atoms with Gasteiger partial charge in [0.05, 0.1) is 6.04 Å². The van der Waals surface area contributed by atoms with Crippen molar-refractivity contribution in [3.8, 4) is 0 Å². The third-order valence-electron chi connectivity index (χ3n) is 5.16. The first-order valence-corrected chi connectivity index (χ1v) is 12.7. The van der Waals surface area contributed by atoms with Crippen LogP contribution in [0.4, 0.5) is 10.9 Å². The number of aromatic nitrogens is 2. The summed E-state index contributed by atoms with van der Waals surface area (Å²) in [6.07, 6.45) is 2.06. The van der Waals surface area contributed by atoms with Gasteiger partial charge in [0.2, 0.25) is 5.95 Å². The van der Waals surface area contributed by atoms with Gasteiger partial charge in [-0.15, -0.1) is 23.1 Å². The Morgan fingerprint density at radius 1 is 0.939 bits per heavy atom. The van der Waals surface area contributed by atoms with Gasteiger partial charge in [-0.2, -0.15) is 0 Å². The predicted octanol–water partition coefficient (Wildman–Crippen LogP) is 6.64. The molecule has 2 heterocycles. The lowest BCUT2D eigenvalue weighted by molar-refractivity contribution is 0.102. The maximum absolute atomic E-state index is 12.9. The number of thioether (sulfide) groups is 1. The molecular weight excluding hydrogens is 448 g/mol. The molecule has 1 unspecified atom stereocenters. The van der Waals surface area contributed by atoms with E-state index >= 15 is 0 Å². The smallest absolute Gasteiger partial charge is 0.256 e. The molecule has 4 rings (SSSR count). The molecule has 2 aromatic carbocycles. The van der Waals surface area contributed by atoms with Crippen LogP contribution >= 0.6 is 23.1 Å². The van der Waals surface area contributed by atoms with Crippen molar-refractivity contribution in [1.29, 1.82) is 0 Å². The fourth-order valence-electron chi connectivity index (χ4n) is 3.67. The summed E-state index contributed by atoms with van der Waals surface area (Å²) in [6.45, 7) is 5.97. The number of carbonyl (C=O) groups is 1. The van der Waals surface area contributed by atoms with Gasteiger partial charge in [0.1, 0.15) is 5.00 Å². The highest BCUT2D eigenvalue weighted by Gasteiger charge is 2.23. The monoisotopic (exact) mass is 474 g/mol. The van der Waals surface area contributed by atoms with E-state index in [9.17, 15) is 4.79 Å². The molecule has 0 aliphatic rings. The first kappa shape index (κ1) is 23.0. The molecule has 0 saturated heterocycles. The van der Waals surface area contributed by atoms with Crippen LogP contribution in [0.5, 0.6) is 0 Å². The zero-order chi connectivity index (χ0) is 23.4. The molecule has 0 radical (unpaired) electrons. The molecule has 7 heteroatoms. The Bertz CT molecular complexity index is 1230. The molecule has 0 fully saturated rings. The number of amides is 1. The highest BCUT2D eigenvalue weighted by molar-refractivity contribution is 7.98. The van der Waals surface area contributed by atoms with Crippen molar-refractivity contribution in [3.05, 3.63) is 99.7 Å². The number of thiophene rings is 1. The van der Waals surface area contributed by atoms with Crippen molar-refractivity contribution >= 4 is 40.0 Å². The van der Waals surface area contributed by atoms with Crippen LogP contribution in [-0.2, 0) is 0 Å². The highest BCUT2D eigenvalue weighted by atomic mass is 32.2. The van der Waals surface area contributed by atoms with Crippen LogP contribution in [0.3, 0.4) is 0 Å². The van der Waals surface area contributed by atoms with Gasteiger partial charge in [-0.3, -0.25) is 4.79 Å². The highest BCUT2D eigenvalue weighted by Crippen LogP contribution is 2.38. The third kappa shape index (κ3) is 5.61. The van der Waals surface area contributed by atoms with Crippen molar-refractivity contribution in [2.75, 3.05) is 16.9 Å². The number of hydrogen-bond donors (Lipinski definition) is 2. The molecule has 4 aromatic rings. The van der Waals surface area contributed by atoms with Gasteiger partial charge in [-0.05, 0) is 69.0 Å².